The fraction of sp³-hybridized carbons (Fsp3) is 0.235. The molecule has 0 bridgehead atoms. The number of anilines is 1. The van der Waals surface area contributed by atoms with E-state index in [0.29, 0.717) is 23.6 Å². The van der Waals surface area contributed by atoms with Crippen LogP contribution in [0.2, 0.25) is 0 Å². The summed E-state index contributed by atoms with van der Waals surface area (Å²) < 4.78 is 89.3. The lowest BCUT2D eigenvalue weighted by Gasteiger charge is -2.09. The maximum absolute atomic E-state index is 13.5. The second kappa shape index (κ2) is 8.57. The highest BCUT2D eigenvalue weighted by Crippen LogP contribution is 2.43. The number of pyridine rings is 1. The quantitative estimate of drug-likeness (QED) is 0.545. The number of methoxy groups -OCH3 is 2. The molecule has 170 valence electrons. The molecule has 3 aromatic rings. The third-order valence-corrected chi connectivity index (χ3v) is 4.86. The highest BCUT2D eigenvalue weighted by molar-refractivity contribution is 7.19. The summed E-state index contributed by atoms with van der Waals surface area (Å²) >= 11 is 0.316. The molecule has 0 aromatic carbocycles. The molecule has 3 aromatic heterocycles. The van der Waals surface area contributed by atoms with Crippen molar-refractivity contribution in [2.75, 3.05) is 19.5 Å². The zero-order chi connectivity index (χ0) is 23.7. The maximum Gasteiger partial charge on any atom is 0.434 e. The number of hydrogen-bond donors (Lipinski definition) is 1. The van der Waals surface area contributed by atoms with Gasteiger partial charge in [0, 0.05) is 18.0 Å². The van der Waals surface area contributed by atoms with Crippen LogP contribution in [0.5, 0.6) is 11.8 Å². The van der Waals surface area contributed by atoms with Gasteiger partial charge in [0.25, 0.3) is 5.91 Å². The first-order valence-electron chi connectivity index (χ1n) is 8.30. The van der Waals surface area contributed by atoms with Crippen molar-refractivity contribution in [2.24, 2.45) is 0 Å². The molecule has 15 heteroatoms. The van der Waals surface area contributed by atoms with Crippen LogP contribution in [0.15, 0.2) is 24.8 Å². The van der Waals surface area contributed by atoms with E-state index in [2.05, 4.69) is 25.3 Å². The van der Waals surface area contributed by atoms with Gasteiger partial charge in [-0.05, 0) is 6.07 Å². The van der Waals surface area contributed by atoms with Crippen LogP contribution in [0.4, 0.5) is 31.5 Å². The van der Waals surface area contributed by atoms with E-state index in [1.807, 2.05) is 0 Å². The number of carbonyl (C=O) groups is 1. The Morgan fingerprint density at radius 1 is 1.00 bits per heavy atom. The molecule has 0 saturated heterocycles. The fourth-order valence-electron chi connectivity index (χ4n) is 2.50. The van der Waals surface area contributed by atoms with Gasteiger partial charge in [0.05, 0.1) is 24.7 Å². The smallest absolute Gasteiger partial charge is 0.434 e. The lowest BCUT2D eigenvalue weighted by Crippen LogP contribution is -2.16. The summed E-state index contributed by atoms with van der Waals surface area (Å²) in [5.74, 6) is -1.44. The molecule has 3 rings (SSSR count). The molecule has 0 aliphatic rings. The highest BCUT2D eigenvalue weighted by atomic mass is 32.1. The molecule has 0 fully saturated rings. The van der Waals surface area contributed by atoms with Gasteiger partial charge in [-0.1, -0.05) is 11.3 Å². The average Bonchev–Trinajstić information content (AvgIpc) is 3.16. The Kier molecular flexibility index (Phi) is 6.20. The topological polar surface area (TPSA) is 99.1 Å². The van der Waals surface area contributed by atoms with Gasteiger partial charge in [-0.25, -0.2) is 15.0 Å². The first-order valence-corrected chi connectivity index (χ1v) is 9.12. The van der Waals surface area contributed by atoms with Gasteiger partial charge >= 0.3 is 12.4 Å². The number of aromatic nitrogens is 4. The lowest BCUT2D eigenvalue weighted by atomic mass is 10.1. The first-order chi connectivity index (χ1) is 15.0. The van der Waals surface area contributed by atoms with Crippen molar-refractivity contribution >= 4 is 22.4 Å². The van der Waals surface area contributed by atoms with E-state index in [9.17, 15) is 31.1 Å². The number of ether oxygens (including phenoxy) is 2. The molecule has 0 aliphatic carbocycles. The number of nitrogens with one attached hydrogen (secondary N) is 1. The molecular formula is C17H11F6N5O3S. The second-order valence-electron chi connectivity index (χ2n) is 5.88. The van der Waals surface area contributed by atoms with Gasteiger partial charge < -0.3 is 9.47 Å². The summed E-state index contributed by atoms with van der Waals surface area (Å²) in [6.07, 6.45) is -7.48. The first kappa shape index (κ1) is 23.2. The second-order valence-corrected chi connectivity index (χ2v) is 6.87. The van der Waals surface area contributed by atoms with E-state index < -0.39 is 45.1 Å². The van der Waals surface area contributed by atoms with Crippen LogP contribution in [0.25, 0.3) is 10.4 Å². The van der Waals surface area contributed by atoms with Gasteiger partial charge in [0.15, 0.2) is 16.4 Å². The molecule has 0 atom stereocenters. The summed E-state index contributed by atoms with van der Waals surface area (Å²) in [6, 6.07) is 0.512. The third kappa shape index (κ3) is 4.71. The average molecular weight is 479 g/mol. The number of nitrogens with zero attached hydrogens (tertiary/aromatic N) is 4. The van der Waals surface area contributed by atoms with Crippen molar-refractivity contribution in [3.63, 3.8) is 0 Å². The number of alkyl halides is 6. The van der Waals surface area contributed by atoms with E-state index in [0.717, 1.165) is 12.5 Å². The molecule has 0 radical (unpaired) electrons. The van der Waals surface area contributed by atoms with Crippen molar-refractivity contribution in [1.29, 1.82) is 0 Å². The molecule has 32 heavy (non-hydrogen) atoms. The largest absolute Gasteiger partial charge is 0.480 e. The Labute approximate surface area is 179 Å². The maximum atomic E-state index is 13.5. The molecule has 1 amide bonds. The fourth-order valence-corrected chi connectivity index (χ4v) is 3.46. The standard InChI is InChI=1S/C17H11F6N5O3S/c1-30-13-9(14(31-2)26-6-25-13)12(29)28-15-27-11(17(21,22)23)10(32-15)7-3-8(5-24-4-7)16(18,19)20/h3-6H,1-2H3,(H,27,28,29). The van der Waals surface area contributed by atoms with Crippen molar-refractivity contribution in [3.05, 3.63) is 41.6 Å². The minimum Gasteiger partial charge on any atom is -0.480 e. The van der Waals surface area contributed by atoms with E-state index in [-0.39, 0.29) is 17.3 Å². The summed E-state index contributed by atoms with van der Waals surface area (Å²) in [6.45, 7) is 0. The van der Waals surface area contributed by atoms with Crippen molar-refractivity contribution in [2.45, 2.75) is 12.4 Å². The predicted octanol–water partition coefficient (Wildman–Crippen LogP) is 4.30. The highest BCUT2D eigenvalue weighted by Gasteiger charge is 2.39. The molecule has 0 aliphatic heterocycles. The summed E-state index contributed by atoms with van der Waals surface area (Å²) in [5.41, 5.74) is -3.51. The number of hydrogen-bond acceptors (Lipinski definition) is 8. The number of thiazole rings is 1. The Balaban J connectivity index is 2.05. The molecule has 1 N–H and O–H groups in total. The zero-order valence-electron chi connectivity index (χ0n) is 16.0. The zero-order valence-corrected chi connectivity index (χ0v) is 16.8. The predicted molar refractivity (Wildman–Crippen MR) is 98.4 cm³/mol. The van der Waals surface area contributed by atoms with Gasteiger partial charge in [0.1, 0.15) is 6.33 Å². The number of carbonyl (C=O) groups excluding carboxylic acids is 1. The van der Waals surface area contributed by atoms with Gasteiger partial charge in [0.2, 0.25) is 11.8 Å². The minimum absolute atomic E-state index is 0.218. The molecule has 3 heterocycles. The van der Waals surface area contributed by atoms with Crippen LogP contribution in [-0.4, -0.2) is 40.1 Å². The van der Waals surface area contributed by atoms with E-state index in [1.165, 1.54) is 14.2 Å². The van der Waals surface area contributed by atoms with Crippen LogP contribution in [0, 0.1) is 0 Å². The Morgan fingerprint density at radius 2 is 1.62 bits per heavy atom. The van der Waals surface area contributed by atoms with Gasteiger partial charge in [-0.2, -0.15) is 26.3 Å². The Morgan fingerprint density at radius 3 is 2.16 bits per heavy atom. The summed E-state index contributed by atoms with van der Waals surface area (Å²) in [7, 11) is 2.39. The molecular weight excluding hydrogens is 468 g/mol. The monoisotopic (exact) mass is 479 g/mol. The number of rotatable bonds is 5. The Bertz CT molecular complexity index is 1130. The van der Waals surface area contributed by atoms with Crippen LogP contribution < -0.4 is 14.8 Å². The van der Waals surface area contributed by atoms with Crippen LogP contribution in [-0.2, 0) is 12.4 Å². The van der Waals surface area contributed by atoms with Crippen molar-refractivity contribution in [3.8, 4) is 22.2 Å². The molecule has 8 nitrogen and oxygen atoms in total. The van der Waals surface area contributed by atoms with Crippen molar-refractivity contribution in [1.82, 2.24) is 19.9 Å². The number of halogens is 6. The minimum atomic E-state index is -5.02. The number of amides is 1. The SMILES string of the molecule is COc1ncnc(OC)c1C(=O)Nc1nc(C(F)(F)F)c(-c2cncc(C(F)(F)F)c2)s1. The summed E-state index contributed by atoms with van der Waals surface area (Å²) in [5, 5.41) is 1.60. The van der Waals surface area contributed by atoms with E-state index in [1.54, 1.807) is 0 Å². The van der Waals surface area contributed by atoms with E-state index >= 15 is 0 Å². The van der Waals surface area contributed by atoms with E-state index in [4.69, 9.17) is 9.47 Å². The van der Waals surface area contributed by atoms with Crippen LogP contribution >= 0.6 is 11.3 Å². The van der Waals surface area contributed by atoms with Gasteiger partial charge in [-0.15, -0.1) is 0 Å². The summed E-state index contributed by atoms with van der Waals surface area (Å²) in [4.78, 5) is 26.2. The molecule has 0 spiro atoms. The lowest BCUT2D eigenvalue weighted by molar-refractivity contribution is -0.140. The molecule has 0 unspecified atom stereocenters. The van der Waals surface area contributed by atoms with Gasteiger partial charge in [-0.3, -0.25) is 15.1 Å². The van der Waals surface area contributed by atoms with Crippen LogP contribution in [0.3, 0.4) is 0 Å². The third-order valence-electron chi connectivity index (χ3n) is 3.84. The Hall–Kier alpha value is -3.49. The van der Waals surface area contributed by atoms with Crippen molar-refractivity contribution < 1.29 is 40.6 Å². The normalized spacial score (nSPS) is 11.9. The molecule has 0 saturated carbocycles. The van der Waals surface area contributed by atoms with Crippen LogP contribution in [0.1, 0.15) is 21.6 Å².